The minimum absolute atomic E-state index is 0.195. The lowest BCUT2D eigenvalue weighted by Crippen LogP contribution is -2.45. The number of carbonyl (C=O) groups is 1. The molecule has 1 aromatic heterocycles. The first-order chi connectivity index (χ1) is 14.3. The number of carbonyl (C=O) groups excluding carboxylic acids is 1. The molecule has 158 valence electrons. The number of para-hydroxylation sites is 1. The zero-order valence-corrected chi connectivity index (χ0v) is 18.6. The predicted octanol–water partition coefficient (Wildman–Crippen LogP) is 3.76. The van der Waals surface area contributed by atoms with Gasteiger partial charge in [-0.1, -0.05) is 65.6 Å². The van der Waals surface area contributed by atoms with Gasteiger partial charge in [0.05, 0.1) is 11.9 Å². The Morgan fingerprint density at radius 2 is 1.83 bits per heavy atom. The maximum absolute atomic E-state index is 14.2. The average Bonchev–Trinajstić information content (AvgIpc) is 3.15. The molecular formula is C19H19FN4O3S3. The van der Waals surface area contributed by atoms with Gasteiger partial charge in [-0.05, 0) is 24.6 Å². The average molecular weight is 467 g/mol. The van der Waals surface area contributed by atoms with Gasteiger partial charge in [0.15, 0.2) is 4.34 Å². The van der Waals surface area contributed by atoms with E-state index in [1.165, 1.54) is 48.2 Å². The second-order valence-corrected chi connectivity index (χ2v) is 10.4. The fourth-order valence-corrected chi connectivity index (χ4v) is 5.55. The number of nitrogens with one attached hydrogen (secondary N) is 1. The minimum atomic E-state index is -3.92. The molecular weight excluding hydrogens is 447 g/mol. The summed E-state index contributed by atoms with van der Waals surface area (Å²) in [6.45, 7) is 1.38. The van der Waals surface area contributed by atoms with Gasteiger partial charge >= 0.3 is 0 Å². The monoisotopic (exact) mass is 466 g/mol. The summed E-state index contributed by atoms with van der Waals surface area (Å²) < 4.78 is 40.1. The lowest BCUT2D eigenvalue weighted by atomic mass is 10.2. The summed E-state index contributed by atoms with van der Waals surface area (Å²) in [7, 11) is -3.92. The Bertz CT molecular complexity index is 1120. The number of thioether (sulfide) groups is 1. The summed E-state index contributed by atoms with van der Waals surface area (Å²) in [6, 6.07) is 14.0. The maximum Gasteiger partial charge on any atom is 0.249 e. The summed E-state index contributed by atoms with van der Waals surface area (Å²) in [5.74, 6) is -0.674. The molecule has 1 atom stereocenters. The third kappa shape index (κ3) is 5.55. The standard InChI is InChI=1S/C19H19FN4O3S3/c1-13(24(30(2,26)27)16-11-7-6-10-15(16)20)17(25)21-18-22-23-19(29-18)28-12-14-8-4-3-5-9-14/h3-11,13H,12H2,1-2H3,(H,21,22,25)/t13-/m1/s1. The SMILES string of the molecule is C[C@H](C(=O)Nc1nnc(SCc2ccccc2)s1)N(c1ccccc1F)S(C)(=O)=O. The number of aromatic nitrogens is 2. The van der Waals surface area contributed by atoms with Crippen molar-refractivity contribution in [3.8, 4) is 0 Å². The van der Waals surface area contributed by atoms with Gasteiger partial charge in [-0.15, -0.1) is 10.2 Å². The smallest absolute Gasteiger partial charge is 0.249 e. The second-order valence-electron chi connectivity index (χ2n) is 6.32. The molecule has 0 aliphatic rings. The molecule has 30 heavy (non-hydrogen) atoms. The first-order valence-electron chi connectivity index (χ1n) is 8.80. The highest BCUT2D eigenvalue weighted by molar-refractivity contribution is 8.00. The van der Waals surface area contributed by atoms with Crippen LogP contribution in [0.5, 0.6) is 0 Å². The van der Waals surface area contributed by atoms with Gasteiger partial charge in [0.1, 0.15) is 11.9 Å². The van der Waals surface area contributed by atoms with Gasteiger partial charge in [0.25, 0.3) is 0 Å². The van der Waals surface area contributed by atoms with Crippen molar-refractivity contribution in [2.75, 3.05) is 15.9 Å². The van der Waals surface area contributed by atoms with Crippen molar-refractivity contribution >= 4 is 49.8 Å². The van der Waals surface area contributed by atoms with E-state index in [1.54, 1.807) is 0 Å². The molecule has 0 saturated carbocycles. The number of benzene rings is 2. The Morgan fingerprint density at radius 3 is 2.50 bits per heavy atom. The largest absolute Gasteiger partial charge is 0.299 e. The van der Waals surface area contributed by atoms with Crippen molar-refractivity contribution in [2.24, 2.45) is 0 Å². The Morgan fingerprint density at radius 1 is 1.17 bits per heavy atom. The maximum atomic E-state index is 14.2. The van der Waals surface area contributed by atoms with Crippen molar-refractivity contribution in [2.45, 2.75) is 23.1 Å². The molecule has 0 aliphatic carbocycles. The normalized spacial score (nSPS) is 12.4. The van der Waals surface area contributed by atoms with Crippen LogP contribution in [0.15, 0.2) is 58.9 Å². The summed E-state index contributed by atoms with van der Waals surface area (Å²) in [5.41, 5.74) is 0.935. The first-order valence-corrected chi connectivity index (χ1v) is 12.5. The number of anilines is 2. The zero-order valence-electron chi connectivity index (χ0n) is 16.1. The molecule has 3 rings (SSSR count). The van der Waals surface area contributed by atoms with Gasteiger partial charge in [0, 0.05) is 5.75 Å². The summed E-state index contributed by atoms with van der Waals surface area (Å²) in [6.07, 6.45) is 0.923. The molecule has 0 radical (unpaired) electrons. The van der Waals surface area contributed by atoms with Crippen LogP contribution < -0.4 is 9.62 Å². The van der Waals surface area contributed by atoms with Crippen LogP contribution in [0.1, 0.15) is 12.5 Å². The molecule has 0 fully saturated rings. The van der Waals surface area contributed by atoms with Crippen molar-refractivity contribution in [1.29, 1.82) is 0 Å². The Kier molecular flexibility index (Phi) is 7.06. The summed E-state index contributed by atoms with van der Waals surface area (Å²) in [4.78, 5) is 12.7. The van der Waals surface area contributed by atoms with Crippen LogP contribution in [-0.2, 0) is 20.6 Å². The van der Waals surface area contributed by atoms with Gasteiger partial charge in [0.2, 0.25) is 21.1 Å². The van der Waals surface area contributed by atoms with E-state index in [9.17, 15) is 17.6 Å². The zero-order chi connectivity index (χ0) is 21.7. The fourth-order valence-electron chi connectivity index (χ4n) is 2.66. The predicted molar refractivity (Wildman–Crippen MR) is 118 cm³/mol. The van der Waals surface area contributed by atoms with Crippen LogP contribution >= 0.6 is 23.1 Å². The quantitative estimate of drug-likeness (QED) is 0.401. The number of halogens is 1. The first kappa shape index (κ1) is 22.2. The molecule has 0 bridgehead atoms. The third-order valence-corrected chi connectivity index (χ3v) is 7.29. The third-order valence-electron chi connectivity index (χ3n) is 4.02. The molecule has 3 aromatic rings. The Hall–Kier alpha value is -2.50. The molecule has 0 spiro atoms. The van der Waals surface area contributed by atoms with Crippen LogP contribution in [0, 0.1) is 5.82 Å². The second kappa shape index (κ2) is 9.54. The summed E-state index contributed by atoms with van der Waals surface area (Å²) >= 11 is 2.66. The Labute approximate surface area is 182 Å². The highest BCUT2D eigenvalue weighted by atomic mass is 32.2. The molecule has 11 heteroatoms. The van der Waals surface area contributed by atoms with Gasteiger partial charge in [-0.2, -0.15) is 0 Å². The highest BCUT2D eigenvalue weighted by Crippen LogP contribution is 2.29. The molecule has 0 unspecified atom stereocenters. The molecule has 7 nitrogen and oxygen atoms in total. The van der Waals surface area contributed by atoms with Crippen LogP contribution in [0.25, 0.3) is 0 Å². The van der Waals surface area contributed by atoms with Crippen LogP contribution in [-0.4, -0.2) is 36.8 Å². The van der Waals surface area contributed by atoms with E-state index in [0.29, 0.717) is 10.1 Å². The van der Waals surface area contributed by atoms with Crippen molar-refractivity contribution in [1.82, 2.24) is 10.2 Å². The van der Waals surface area contributed by atoms with Crippen LogP contribution in [0.3, 0.4) is 0 Å². The molecule has 2 aromatic carbocycles. The van der Waals surface area contributed by atoms with E-state index in [-0.39, 0.29) is 10.8 Å². The van der Waals surface area contributed by atoms with Crippen molar-refractivity contribution < 1.29 is 17.6 Å². The summed E-state index contributed by atoms with van der Waals surface area (Å²) in [5, 5.41) is 10.8. The topological polar surface area (TPSA) is 92.3 Å². The lowest BCUT2D eigenvalue weighted by Gasteiger charge is -2.28. The van der Waals surface area contributed by atoms with E-state index in [1.807, 2.05) is 30.3 Å². The molecule has 1 N–H and O–H groups in total. The Balaban J connectivity index is 1.70. The number of hydrogen-bond acceptors (Lipinski definition) is 7. The van der Waals surface area contributed by atoms with Crippen molar-refractivity contribution in [3.05, 3.63) is 66.0 Å². The number of sulfonamides is 1. The van der Waals surface area contributed by atoms with E-state index in [2.05, 4.69) is 15.5 Å². The van der Waals surface area contributed by atoms with Crippen LogP contribution in [0.4, 0.5) is 15.2 Å². The minimum Gasteiger partial charge on any atom is -0.299 e. The fraction of sp³-hybridized carbons (Fsp3) is 0.211. The van der Waals surface area contributed by atoms with E-state index < -0.39 is 27.8 Å². The number of nitrogens with zero attached hydrogens (tertiary/aromatic N) is 3. The van der Waals surface area contributed by atoms with E-state index in [4.69, 9.17) is 0 Å². The molecule has 0 saturated heterocycles. The number of rotatable bonds is 8. The lowest BCUT2D eigenvalue weighted by molar-refractivity contribution is -0.116. The van der Waals surface area contributed by atoms with Gasteiger partial charge < -0.3 is 0 Å². The highest BCUT2D eigenvalue weighted by Gasteiger charge is 2.31. The number of hydrogen-bond donors (Lipinski definition) is 1. The molecule has 1 amide bonds. The van der Waals surface area contributed by atoms with E-state index in [0.717, 1.165) is 22.2 Å². The molecule has 1 heterocycles. The van der Waals surface area contributed by atoms with E-state index >= 15 is 0 Å². The molecule has 0 aliphatic heterocycles. The van der Waals surface area contributed by atoms with Crippen LogP contribution in [0.2, 0.25) is 0 Å². The van der Waals surface area contributed by atoms with Crippen molar-refractivity contribution in [3.63, 3.8) is 0 Å². The number of amides is 1. The van der Waals surface area contributed by atoms with Gasteiger partial charge in [-0.3, -0.25) is 14.4 Å². The van der Waals surface area contributed by atoms with Gasteiger partial charge in [-0.25, -0.2) is 12.8 Å².